The molecule has 0 saturated carbocycles. The van der Waals surface area contributed by atoms with Gasteiger partial charge in [-0.05, 0) is 6.07 Å². The summed E-state index contributed by atoms with van der Waals surface area (Å²) in [5.74, 6) is -0.200. The maximum Gasteiger partial charge on any atom is 0.305 e. The molecule has 2 unspecified atom stereocenters. The van der Waals surface area contributed by atoms with E-state index in [0.717, 1.165) is 5.56 Å². The number of hydrogen-bond donors (Lipinski definition) is 2. The molecule has 0 bridgehead atoms. The number of carboxylic acids is 1. The van der Waals surface area contributed by atoms with Gasteiger partial charge in [0.15, 0.2) is 0 Å². The van der Waals surface area contributed by atoms with Crippen LogP contribution in [-0.2, 0) is 10.3 Å². The first-order chi connectivity index (χ1) is 7.54. The number of carbonyl (C=O) groups is 1. The number of para-hydroxylation sites is 1. The summed E-state index contributed by atoms with van der Waals surface area (Å²) < 4.78 is 5.54. The number of hydrogen-bond acceptors (Lipinski definition) is 3. The summed E-state index contributed by atoms with van der Waals surface area (Å²) in [7, 11) is 0. The summed E-state index contributed by atoms with van der Waals surface area (Å²) in [5.41, 5.74) is 6.21. The molecule has 2 atom stereocenters. The minimum absolute atomic E-state index is 0.0153. The van der Waals surface area contributed by atoms with Crippen LogP contribution >= 0.6 is 0 Å². The molecule has 0 amide bonds. The molecule has 3 N–H and O–H groups in total. The fourth-order valence-corrected chi connectivity index (χ4v) is 2.13. The van der Waals surface area contributed by atoms with E-state index < -0.39 is 11.5 Å². The zero-order chi connectivity index (χ0) is 11.8. The summed E-state index contributed by atoms with van der Waals surface area (Å²) in [6.45, 7) is 2.37. The molecule has 0 fully saturated rings. The van der Waals surface area contributed by atoms with E-state index in [9.17, 15) is 4.79 Å². The van der Waals surface area contributed by atoms with Crippen molar-refractivity contribution in [1.82, 2.24) is 0 Å². The molecule has 1 aromatic rings. The maximum absolute atomic E-state index is 10.9. The molecule has 1 aromatic carbocycles. The van der Waals surface area contributed by atoms with Crippen LogP contribution in [0.2, 0.25) is 0 Å². The molecular weight excluding hydrogens is 206 g/mol. The molecular formula is C12H15NO3. The lowest BCUT2D eigenvalue weighted by molar-refractivity contribution is -0.139. The molecule has 0 saturated heterocycles. The van der Waals surface area contributed by atoms with Crippen LogP contribution in [0.3, 0.4) is 0 Å². The third kappa shape index (κ3) is 1.65. The lowest BCUT2D eigenvalue weighted by atomic mass is 9.76. The molecule has 86 valence electrons. The Morgan fingerprint density at radius 3 is 3.00 bits per heavy atom. The van der Waals surface area contributed by atoms with Gasteiger partial charge in [-0.1, -0.05) is 25.1 Å². The summed E-state index contributed by atoms with van der Waals surface area (Å²) >= 11 is 0. The van der Waals surface area contributed by atoms with Crippen molar-refractivity contribution in [3.8, 4) is 5.75 Å². The lowest BCUT2D eigenvalue weighted by Gasteiger charge is -2.39. The van der Waals surface area contributed by atoms with E-state index in [4.69, 9.17) is 15.6 Å². The summed E-state index contributed by atoms with van der Waals surface area (Å²) in [5, 5.41) is 8.95. The van der Waals surface area contributed by atoms with Crippen molar-refractivity contribution in [3.05, 3.63) is 29.8 Å². The molecule has 1 aliphatic rings. The van der Waals surface area contributed by atoms with Gasteiger partial charge < -0.3 is 15.6 Å². The second-order valence-corrected chi connectivity index (χ2v) is 4.32. The summed E-state index contributed by atoms with van der Waals surface area (Å²) in [4.78, 5) is 10.9. The number of rotatable bonds is 2. The molecule has 4 nitrogen and oxygen atoms in total. The third-order valence-electron chi connectivity index (χ3n) is 3.20. The Balaban J connectivity index is 2.47. The first-order valence-electron chi connectivity index (χ1n) is 5.27. The smallest absolute Gasteiger partial charge is 0.305 e. The van der Waals surface area contributed by atoms with Crippen LogP contribution in [0.5, 0.6) is 5.75 Å². The number of nitrogens with two attached hydrogens (primary N) is 1. The third-order valence-corrected chi connectivity index (χ3v) is 3.20. The quantitative estimate of drug-likeness (QED) is 0.790. The highest BCUT2D eigenvalue weighted by atomic mass is 16.5. The molecule has 1 heterocycles. The Labute approximate surface area is 94.0 Å². The van der Waals surface area contributed by atoms with Crippen molar-refractivity contribution < 1.29 is 14.6 Å². The molecule has 16 heavy (non-hydrogen) atoms. The zero-order valence-corrected chi connectivity index (χ0v) is 9.14. The average Bonchev–Trinajstić information content (AvgIpc) is 2.23. The van der Waals surface area contributed by atoms with Crippen LogP contribution in [0.4, 0.5) is 0 Å². The average molecular weight is 221 g/mol. The van der Waals surface area contributed by atoms with Crippen LogP contribution in [0, 0.1) is 5.92 Å². The van der Waals surface area contributed by atoms with Crippen LogP contribution in [0.25, 0.3) is 0 Å². The monoisotopic (exact) mass is 221 g/mol. The van der Waals surface area contributed by atoms with Gasteiger partial charge in [0.25, 0.3) is 0 Å². The number of carboxylic acid groups (broad SMARTS) is 1. The second kappa shape index (κ2) is 3.79. The van der Waals surface area contributed by atoms with Crippen molar-refractivity contribution in [3.63, 3.8) is 0 Å². The Hall–Kier alpha value is -1.55. The van der Waals surface area contributed by atoms with Gasteiger partial charge in [0, 0.05) is 11.5 Å². The SMILES string of the molecule is CC1COc2ccccc2C1(N)CC(=O)O. The van der Waals surface area contributed by atoms with Crippen LogP contribution < -0.4 is 10.5 Å². The summed E-state index contributed by atoms with van der Waals surface area (Å²) in [6, 6.07) is 7.37. The fourth-order valence-electron chi connectivity index (χ4n) is 2.13. The van der Waals surface area contributed by atoms with E-state index in [1.807, 2.05) is 31.2 Å². The zero-order valence-electron chi connectivity index (χ0n) is 9.14. The molecule has 0 radical (unpaired) electrons. The van der Waals surface area contributed by atoms with Gasteiger partial charge in [0.1, 0.15) is 5.75 Å². The van der Waals surface area contributed by atoms with E-state index >= 15 is 0 Å². The summed E-state index contributed by atoms with van der Waals surface area (Å²) in [6.07, 6.45) is -0.0749. The van der Waals surface area contributed by atoms with Crippen molar-refractivity contribution in [2.45, 2.75) is 18.9 Å². The Morgan fingerprint density at radius 1 is 1.62 bits per heavy atom. The highest BCUT2D eigenvalue weighted by Gasteiger charge is 2.41. The molecule has 4 heteroatoms. The Kier molecular flexibility index (Phi) is 2.59. The highest BCUT2D eigenvalue weighted by molar-refractivity contribution is 5.69. The van der Waals surface area contributed by atoms with Gasteiger partial charge in [-0.25, -0.2) is 0 Å². The van der Waals surface area contributed by atoms with E-state index in [2.05, 4.69) is 0 Å². The molecule has 0 spiro atoms. The maximum atomic E-state index is 10.9. The van der Waals surface area contributed by atoms with Crippen LogP contribution in [0.15, 0.2) is 24.3 Å². The molecule has 0 aliphatic carbocycles. The van der Waals surface area contributed by atoms with Gasteiger partial charge in [0.2, 0.25) is 0 Å². The normalized spacial score (nSPS) is 28.0. The standard InChI is InChI=1S/C12H15NO3/c1-8-7-16-10-5-3-2-4-9(10)12(8,13)6-11(14)15/h2-5,8H,6-7,13H2,1H3,(H,14,15). The van der Waals surface area contributed by atoms with Crippen molar-refractivity contribution in [1.29, 1.82) is 0 Å². The van der Waals surface area contributed by atoms with Crippen molar-refractivity contribution >= 4 is 5.97 Å². The number of fused-ring (bicyclic) bond motifs is 1. The minimum Gasteiger partial charge on any atom is -0.493 e. The minimum atomic E-state index is -0.883. The van der Waals surface area contributed by atoms with Gasteiger partial charge in [-0.3, -0.25) is 4.79 Å². The molecule has 0 aromatic heterocycles. The predicted molar refractivity (Wildman–Crippen MR) is 59.2 cm³/mol. The van der Waals surface area contributed by atoms with Crippen molar-refractivity contribution in [2.24, 2.45) is 11.7 Å². The largest absolute Gasteiger partial charge is 0.493 e. The fraction of sp³-hybridized carbons (Fsp3) is 0.417. The number of aliphatic carboxylic acids is 1. The van der Waals surface area contributed by atoms with Gasteiger partial charge in [-0.2, -0.15) is 0 Å². The van der Waals surface area contributed by atoms with Crippen LogP contribution in [-0.4, -0.2) is 17.7 Å². The second-order valence-electron chi connectivity index (χ2n) is 4.32. The van der Waals surface area contributed by atoms with Gasteiger partial charge >= 0.3 is 5.97 Å². The Bertz CT molecular complexity index is 418. The van der Waals surface area contributed by atoms with Gasteiger partial charge in [-0.15, -0.1) is 0 Å². The van der Waals surface area contributed by atoms with Gasteiger partial charge in [0.05, 0.1) is 18.6 Å². The van der Waals surface area contributed by atoms with Crippen LogP contribution in [0.1, 0.15) is 18.9 Å². The predicted octanol–water partition coefficient (Wildman–Crippen LogP) is 1.34. The highest BCUT2D eigenvalue weighted by Crippen LogP contribution is 2.40. The number of ether oxygens (including phenoxy) is 1. The van der Waals surface area contributed by atoms with E-state index in [0.29, 0.717) is 12.4 Å². The van der Waals surface area contributed by atoms with Crippen molar-refractivity contribution in [2.75, 3.05) is 6.61 Å². The first kappa shape index (κ1) is 11.0. The molecule has 1 aliphatic heterocycles. The first-order valence-corrected chi connectivity index (χ1v) is 5.27. The van der Waals surface area contributed by atoms with E-state index in [1.54, 1.807) is 0 Å². The molecule has 2 rings (SSSR count). The Morgan fingerprint density at radius 2 is 2.31 bits per heavy atom. The van der Waals surface area contributed by atoms with E-state index in [1.165, 1.54) is 0 Å². The number of benzene rings is 1. The topological polar surface area (TPSA) is 72.5 Å². The lowest BCUT2D eigenvalue weighted by Crippen LogP contribution is -2.49. The van der Waals surface area contributed by atoms with E-state index in [-0.39, 0.29) is 12.3 Å².